The monoisotopic (exact) mass is 416 g/mol. The van der Waals surface area contributed by atoms with E-state index < -0.39 is 11.5 Å². The molecule has 0 fully saturated rings. The van der Waals surface area contributed by atoms with Crippen LogP contribution in [0.25, 0.3) is 0 Å². The van der Waals surface area contributed by atoms with Crippen LogP contribution in [0.5, 0.6) is 0 Å². The molecule has 0 spiro atoms. The van der Waals surface area contributed by atoms with Gasteiger partial charge < -0.3 is 19.7 Å². The predicted molar refractivity (Wildman–Crippen MR) is 114 cm³/mol. The van der Waals surface area contributed by atoms with E-state index in [1.165, 1.54) is 25.7 Å². The highest BCUT2D eigenvalue weighted by molar-refractivity contribution is 5.75. The Kier molecular flexibility index (Phi) is 16.0. The molecule has 6 nitrogen and oxygen atoms in total. The zero-order valence-corrected chi connectivity index (χ0v) is 19.1. The van der Waals surface area contributed by atoms with E-state index in [4.69, 9.17) is 9.47 Å². The minimum absolute atomic E-state index is 0.140. The van der Waals surface area contributed by atoms with Crippen LogP contribution in [0.3, 0.4) is 0 Å². The van der Waals surface area contributed by atoms with Crippen LogP contribution in [0.15, 0.2) is 0 Å². The van der Waals surface area contributed by atoms with Crippen LogP contribution in [0, 0.1) is 5.41 Å². The maximum absolute atomic E-state index is 11.8. The molecule has 0 saturated carbocycles. The lowest BCUT2D eigenvalue weighted by atomic mass is 9.91. The van der Waals surface area contributed by atoms with Crippen LogP contribution in [0.4, 0.5) is 0 Å². The third-order valence-electron chi connectivity index (χ3n) is 5.42. The van der Waals surface area contributed by atoms with E-state index in [1.54, 1.807) is 13.8 Å². The summed E-state index contributed by atoms with van der Waals surface area (Å²) in [5.41, 5.74) is -0.575. The predicted octanol–water partition coefficient (Wildman–Crippen LogP) is 4.54. The fourth-order valence-electron chi connectivity index (χ4n) is 2.74. The third kappa shape index (κ3) is 15.4. The molecule has 0 aromatic carbocycles. The molecule has 0 rings (SSSR count). The second kappa shape index (κ2) is 16.6. The van der Waals surface area contributed by atoms with Crippen LogP contribution in [-0.2, 0) is 19.1 Å². The van der Waals surface area contributed by atoms with E-state index >= 15 is 0 Å². The minimum atomic E-state index is -0.992. The van der Waals surface area contributed by atoms with Gasteiger partial charge in [-0.15, -0.1) is 0 Å². The molecule has 0 saturated heterocycles. The highest BCUT2D eigenvalue weighted by Crippen LogP contribution is 2.21. The molecule has 0 aliphatic heterocycles. The van der Waals surface area contributed by atoms with Gasteiger partial charge in [-0.1, -0.05) is 58.8 Å². The van der Waals surface area contributed by atoms with Crippen molar-refractivity contribution in [3.05, 3.63) is 0 Å². The van der Waals surface area contributed by atoms with Gasteiger partial charge in [0.15, 0.2) is 0 Å². The summed E-state index contributed by atoms with van der Waals surface area (Å²) in [6, 6.07) is 0. The van der Waals surface area contributed by atoms with Crippen LogP contribution in [0.2, 0.25) is 0 Å². The van der Waals surface area contributed by atoms with Gasteiger partial charge in [-0.2, -0.15) is 0 Å². The average Bonchev–Trinajstić information content (AvgIpc) is 2.71. The number of hydrogen-bond acceptors (Lipinski definition) is 6. The number of ether oxygens (including phenoxy) is 2. The normalized spacial score (nSPS) is 13.7. The van der Waals surface area contributed by atoms with Crippen molar-refractivity contribution in [1.82, 2.24) is 0 Å². The first-order chi connectivity index (χ1) is 13.7. The average molecular weight is 417 g/mol. The molecule has 0 amide bonds. The Bertz CT molecular complexity index is 435. The van der Waals surface area contributed by atoms with Crippen LogP contribution in [0.1, 0.15) is 105 Å². The molecule has 0 radical (unpaired) electrons. The second-order valence-electron chi connectivity index (χ2n) is 8.60. The molecule has 0 aromatic rings. The van der Waals surface area contributed by atoms with Gasteiger partial charge in [0.25, 0.3) is 0 Å². The van der Waals surface area contributed by atoms with Crippen molar-refractivity contribution in [3.8, 4) is 0 Å². The number of unbranched alkanes of at least 4 members (excludes halogenated alkanes) is 7. The number of rotatable bonds is 18. The lowest BCUT2D eigenvalue weighted by molar-refractivity contribution is -0.159. The fourth-order valence-corrected chi connectivity index (χ4v) is 2.74. The molecule has 0 aliphatic carbocycles. The van der Waals surface area contributed by atoms with Gasteiger partial charge in [-0.3, -0.25) is 9.59 Å². The van der Waals surface area contributed by atoms with E-state index in [2.05, 4.69) is 0 Å². The van der Waals surface area contributed by atoms with E-state index in [0.29, 0.717) is 12.8 Å². The third-order valence-corrected chi connectivity index (χ3v) is 5.42. The highest BCUT2D eigenvalue weighted by Gasteiger charge is 2.27. The van der Waals surface area contributed by atoms with Gasteiger partial charge in [0, 0.05) is 6.42 Å². The SMILES string of the molecule is CCC(O)CCCCCCCCCCC(=O)OCC(O)COC(=O)C(C)(C)CC. The Labute approximate surface area is 177 Å². The molecule has 0 heterocycles. The van der Waals surface area contributed by atoms with Crippen LogP contribution < -0.4 is 0 Å². The molecule has 2 atom stereocenters. The lowest BCUT2D eigenvalue weighted by Crippen LogP contribution is -2.31. The summed E-state index contributed by atoms with van der Waals surface area (Å²) in [6.45, 7) is 7.19. The maximum atomic E-state index is 11.8. The number of carbonyl (C=O) groups is 2. The molecule has 6 heteroatoms. The van der Waals surface area contributed by atoms with Gasteiger partial charge in [0.2, 0.25) is 0 Å². The summed E-state index contributed by atoms with van der Waals surface area (Å²) in [5, 5.41) is 19.3. The topological polar surface area (TPSA) is 93.1 Å². The molecule has 2 unspecified atom stereocenters. The van der Waals surface area contributed by atoms with E-state index in [9.17, 15) is 19.8 Å². The van der Waals surface area contributed by atoms with Gasteiger partial charge in [-0.25, -0.2) is 0 Å². The Balaban J connectivity index is 3.55. The first-order valence-electron chi connectivity index (χ1n) is 11.4. The smallest absolute Gasteiger partial charge is 0.311 e. The number of aliphatic hydroxyl groups excluding tert-OH is 2. The number of aliphatic hydroxyl groups is 2. The van der Waals surface area contributed by atoms with Crippen molar-refractivity contribution in [2.45, 2.75) is 117 Å². The van der Waals surface area contributed by atoms with Gasteiger partial charge >= 0.3 is 11.9 Å². The quantitative estimate of drug-likeness (QED) is 0.252. The molecule has 172 valence electrons. The molecular weight excluding hydrogens is 372 g/mol. The van der Waals surface area contributed by atoms with Crippen molar-refractivity contribution in [3.63, 3.8) is 0 Å². The Morgan fingerprint density at radius 2 is 1.31 bits per heavy atom. The molecular formula is C23H44O6. The summed E-state index contributed by atoms with van der Waals surface area (Å²) in [5.74, 6) is -0.678. The lowest BCUT2D eigenvalue weighted by Gasteiger charge is -2.21. The zero-order valence-electron chi connectivity index (χ0n) is 19.1. The van der Waals surface area contributed by atoms with Gasteiger partial charge in [0.1, 0.15) is 19.3 Å². The van der Waals surface area contributed by atoms with Crippen LogP contribution in [-0.4, -0.2) is 47.6 Å². The maximum Gasteiger partial charge on any atom is 0.311 e. The fraction of sp³-hybridized carbons (Fsp3) is 0.913. The van der Waals surface area contributed by atoms with Crippen molar-refractivity contribution in [2.24, 2.45) is 5.41 Å². The molecule has 2 N–H and O–H groups in total. The molecule has 0 bridgehead atoms. The van der Waals surface area contributed by atoms with Gasteiger partial charge in [-0.05, 0) is 39.5 Å². The van der Waals surface area contributed by atoms with E-state index in [0.717, 1.165) is 38.5 Å². The van der Waals surface area contributed by atoms with Crippen LogP contribution >= 0.6 is 0 Å². The largest absolute Gasteiger partial charge is 0.463 e. The number of esters is 2. The van der Waals surface area contributed by atoms with Crippen molar-refractivity contribution in [2.75, 3.05) is 13.2 Å². The van der Waals surface area contributed by atoms with E-state index in [-0.39, 0.29) is 31.3 Å². The van der Waals surface area contributed by atoms with E-state index in [1.807, 2.05) is 13.8 Å². The highest BCUT2D eigenvalue weighted by atomic mass is 16.6. The minimum Gasteiger partial charge on any atom is -0.463 e. The first-order valence-corrected chi connectivity index (χ1v) is 11.4. The summed E-state index contributed by atoms with van der Waals surface area (Å²) in [4.78, 5) is 23.5. The number of hydrogen-bond donors (Lipinski definition) is 2. The molecule has 0 aromatic heterocycles. The Morgan fingerprint density at radius 1 is 0.793 bits per heavy atom. The standard InChI is InChI=1S/C23H44O6/c1-5-19(24)15-13-11-9-7-8-10-12-14-16-21(26)28-17-20(25)18-29-22(27)23(3,4)6-2/h19-20,24-25H,5-18H2,1-4H3. The summed E-state index contributed by atoms with van der Waals surface area (Å²) >= 11 is 0. The Morgan fingerprint density at radius 3 is 1.86 bits per heavy atom. The van der Waals surface area contributed by atoms with Crippen molar-refractivity contribution in [1.29, 1.82) is 0 Å². The summed E-state index contributed by atoms with van der Waals surface area (Å²) in [7, 11) is 0. The van der Waals surface area contributed by atoms with Gasteiger partial charge in [0.05, 0.1) is 11.5 Å². The second-order valence-corrected chi connectivity index (χ2v) is 8.60. The summed E-state index contributed by atoms with van der Waals surface area (Å²) in [6.07, 6.45) is 10.4. The Hall–Kier alpha value is -1.14. The summed E-state index contributed by atoms with van der Waals surface area (Å²) < 4.78 is 10.1. The molecule has 0 aliphatic rings. The van der Waals surface area contributed by atoms with Crippen molar-refractivity contribution >= 4 is 11.9 Å². The number of carbonyl (C=O) groups excluding carboxylic acids is 2. The van der Waals surface area contributed by atoms with Crippen molar-refractivity contribution < 1.29 is 29.3 Å². The molecule has 29 heavy (non-hydrogen) atoms. The first kappa shape index (κ1) is 27.9. The zero-order chi connectivity index (χ0) is 22.1.